The Hall–Kier alpha value is -0.890. The molecule has 0 aliphatic rings. The van der Waals surface area contributed by atoms with Crippen molar-refractivity contribution in [3.05, 3.63) is 35.6 Å². The molecule has 0 saturated heterocycles. The lowest BCUT2D eigenvalue weighted by atomic mass is 9.84. The molecule has 0 bridgehead atoms. The molecule has 2 heteroatoms. The van der Waals surface area contributed by atoms with Crippen LogP contribution in [0.2, 0.25) is 0 Å². The number of nitrogens with one attached hydrogen (secondary N) is 1. The van der Waals surface area contributed by atoms with Gasteiger partial charge in [0.05, 0.1) is 0 Å². The maximum Gasteiger partial charge on any atom is 0.126 e. The van der Waals surface area contributed by atoms with Crippen molar-refractivity contribution in [1.82, 2.24) is 5.32 Å². The van der Waals surface area contributed by atoms with Gasteiger partial charge in [0, 0.05) is 12.6 Å². The van der Waals surface area contributed by atoms with Crippen LogP contribution in [0.4, 0.5) is 4.39 Å². The predicted octanol–water partition coefficient (Wildman–Crippen LogP) is 4.73. The highest BCUT2D eigenvalue weighted by Crippen LogP contribution is 2.29. The van der Waals surface area contributed by atoms with Gasteiger partial charge in [0.1, 0.15) is 5.82 Å². The van der Waals surface area contributed by atoms with E-state index in [0.717, 1.165) is 24.9 Å². The minimum Gasteiger partial charge on any atom is -0.314 e. The first-order valence-electron chi connectivity index (χ1n) is 7.27. The van der Waals surface area contributed by atoms with Gasteiger partial charge < -0.3 is 5.32 Å². The molecule has 0 aliphatic heterocycles. The number of rotatable bonds is 6. The molecular formula is C17H28FN. The second-order valence-corrected chi connectivity index (χ2v) is 6.88. The molecule has 0 spiro atoms. The lowest BCUT2D eigenvalue weighted by Gasteiger charge is -2.25. The monoisotopic (exact) mass is 265 g/mol. The highest BCUT2D eigenvalue weighted by Gasteiger charge is 2.19. The molecule has 0 fully saturated rings. The van der Waals surface area contributed by atoms with E-state index in [1.165, 1.54) is 0 Å². The summed E-state index contributed by atoms with van der Waals surface area (Å²) in [6, 6.07) is 7.61. The Kier molecular flexibility index (Phi) is 5.99. The molecule has 0 radical (unpaired) electrons. The van der Waals surface area contributed by atoms with E-state index in [1.54, 1.807) is 12.1 Å². The van der Waals surface area contributed by atoms with Gasteiger partial charge in [-0.25, -0.2) is 4.39 Å². The molecule has 1 N–H and O–H groups in total. The van der Waals surface area contributed by atoms with E-state index < -0.39 is 0 Å². The second kappa shape index (κ2) is 7.04. The Balaban J connectivity index is 2.77. The van der Waals surface area contributed by atoms with Crippen LogP contribution in [0.15, 0.2) is 24.3 Å². The van der Waals surface area contributed by atoms with Crippen molar-refractivity contribution in [1.29, 1.82) is 0 Å². The van der Waals surface area contributed by atoms with Crippen LogP contribution in [0, 0.1) is 11.2 Å². The van der Waals surface area contributed by atoms with Gasteiger partial charge in [0.15, 0.2) is 0 Å². The van der Waals surface area contributed by atoms with Crippen LogP contribution in [0.5, 0.6) is 0 Å². The van der Waals surface area contributed by atoms with Gasteiger partial charge in [0.25, 0.3) is 0 Å². The molecule has 0 aromatic heterocycles. The summed E-state index contributed by atoms with van der Waals surface area (Å²) in [5, 5.41) is 3.44. The number of hydrogen-bond donors (Lipinski definition) is 1. The Morgan fingerprint density at radius 2 is 1.79 bits per heavy atom. The van der Waals surface area contributed by atoms with Crippen LogP contribution in [0.25, 0.3) is 0 Å². The number of benzene rings is 1. The lowest BCUT2D eigenvalue weighted by molar-refractivity contribution is 0.339. The normalized spacial score (nSPS) is 13.8. The van der Waals surface area contributed by atoms with E-state index in [1.807, 2.05) is 12.1 Å². The highest BCUT2D eigenvalue weighted by atomic mass is 19.1. The molecule has 1 nitrogen and oxygen atoms in total. The topological polar surface area (TPSA) is 12.0 Å². The molecule has 0 heterocycles. The van der Waals surface area contributed by atoms with Crippen LogP contribution in [-0.2, 0) is 0 Å². The van der Waals surface area contributed by atoms with Gasteiger partial charge in [-0.05, 0) is 35.8 Å². The third-order valence-corrected chi connectivity index (χ3v) is 3.36. The molecule has 108 valence electrons. The fourth-order valence-electron chi connectivity index (χ4n) is 2.16. The van der Waals surface area contributed by atoms with E-state index >= 15 is 0 Å². The largest absolute Gasteiger partial charge is 0.314 e. The van der Waals surface area contributed by atoms with E-state index in [-0.39, 0.29) is 11.7 Å². The summed E-state index contributed by atoms with van der Waals surface area (Å²) in [5.41, 5.74) is 1.14. The standard InChI is InChI=1S/C17H28FN/c1-13(2)19-12-14(10-11-17(3,4)5)15-8-6-7-9-16(15)18/h6-9,13-14,19H,10-12H2,1-5H3. The summed E-state index contributed by atoms with van der Waals surface area (Å²) in [5.74, 6) is 0.176. The van der Waals surface area contributed by atoms with Gasteiger partial charge in [-0.2, -0.15) is 0 Å². The Labute approximate surface area is 117 Å². The highest BCUT2D eigenvalue weighted by molar-refractivity contribution is 5.22. The SMILES string of the molecule is CC(C)NCC(CCC(C)(C)C)c1ccccc1F. The fraction of sp³-hybridized carbons (Fsp3) is 0.647. The number of hydrogen-bond acceptors (Lipinski definition) is 1. The van der Waals surface area contributed by atoms with Crippen molar-refractivity contribution in [2.24, 2.45) is 5.41 Å². The quantitative estimate of drug-likeness (QED) is 0.784. The lowest BCUT2D eigenvalue weighted by Crippen LogP contribution is -2.29. The Morgan fingerprint density at radius 1 is 1.16 bits per heavy atom. The molecule has 0 aliphatic carbocycles. The average molecular weight is 265 g/mol. The van der Waals surface area contributed by atoms with Gasteiger partial charge in [-0.15, -0.1) is 0 Å². The smallest absolute Gasteiger partial charge is 0.126 e. The first-order chi connectivity index (χ1) is 8.79. The molecule has 0 amide bonds. The fourth-order valence-corrected chi connectivity index (χ4v) is 2.16. The first kappa shape index (κ1) is 16.2. The maximum absolute atomic E-state index is 14.0. The molecule has 1 rings (SSSR count). The van der Waals surface area contributed by atoms with Crippen molar-refractivity contribution in [2.75, 3.05) is 6.54 Å². The molecule has 1 unspecified atom stereocenters. The van der Waals surface area contributed by atoms with Gasteiger partial charge in [-0.3, -0.25) is 0 Å². The zero-order valence-corrected chi connectivity index (χ0v) is 13.0. The van der Waals surface area contributed by atoms with Gasteiger partial charge in [-0.1, -0.05) is 52.8 Å². The van der Waals surface area contributed by atoms with E-state index in [4.69, 9.17) is 0 Å². The Bertz CT molecular complexity index is 379. The van der Waals surface area contributed by atoms with Gasteiger partial charge in [0.2, 0.25) is 0 Å². The minimum atomic E-state index is -0.0769. The summed E-state index contributed by atoms with van der Waals surface area (Å²) in [6.45, 7) is 11.8. The summed E-state index contributed by atoms with van der Waals surface area (Å²) >= 11 is 0. The summed E-state index contributed by atoms with van der Waals surface area (Å²) in [4.78, 5) is 0. The van der Waals surface area contributed by atoms with Crippen molar-refractivity contribution >= 4 is 0 Å². The third kappa shape index (κ3) is 6.20. The average Bonchev–Trinajstić information content (AvgIpc) is 2.29. The molecule has 0 saturated carbocycles. The van der Waals surface area contributed by atoms with E-state index in [0.29, 0.717) is 11.5 Å². The molecule has 19 heavy (non-hydrogen) atoms. The van der Waals surface area contributed by atoms with Crippen LogP contribution in [0.1, 0.15) is 58.9 Å². The van der Waals surface area contributed by atoms with Crippen molar-refractivity contribution in [3.63, 3.8) is 0 Å². The third-order valence-electron chi connectivity index (χ3n) is 3.36. The maximum atomic E-state index is 14.0. The van der Waals surface area contributed by atoms with Crippen LogP contribution < -0.4 is 5.32 Å². The second-order valence-electron chi connectivity index (χ2n) is 6.88. The van der Waals surface area contributed by atoms with Crippen molar-refractivity contribution in [2.45, 2.75) is 59.4 Å². The molecule has 1 aromatic rings. The molecular weight excluding hydrogens is 237 g/mol. The Morgan fingerprint density at radius 3 is 2.32 bits per heavy atom. The predicted molar refractivity (Wildman–Crippen MR) is 81.0 cm³/mol. The van der Waals surface area contributed by atoms with Crippen molar-refractivity contribution in [3.8, 4) is 0 Å². The van der Waals surface area contributed by atoms with Crippen LogP contribution in [-0.4, -0.2) is 12.6 Å². The van der Waals surface area contributed by atoms with Gasteiger partial charge >= 0.3 is 0 Å². The zero-order valence-electron chi connectivity index (χ0n) is 13.0. The van der Waals surface area contributed by atoms with E-state index in [9.17, 15) is 4.39 Å². The number of halogens is 1. The summed E-state index contributed by atoms with van der Waals surface area (Å²) in [6.07, 6.45) is 2.12. The first-order valence-corrected chi connectivity index (χ1v) is 7.27. The summed E-state index contributed by atoms with van der Waals surface area (Å²) < 4.78 is 14.0. The molecule has 1 aromatic carbocycles. The van der Waals surface area contributed by atoms with E-state index in [2.05, 4.69) is 39.9 Å². The zero-order chi connectivity index (χ0) is 14.5. The molecule has 1 atom stereocenters. The van der Waals surface area contributed by atoms with Crippen LogP contribution in [0.3, 0.4) is 0 Å². The summed E-state index contributed by atoms with van der Waals surface area (Å²) in [7, 11) is 0. The van der Waals surface area contributed by atoms with Crippen LogP contribution >= 0.6 is 0 Å². The minimum absolute atomic E-state index is 0.0769. The van der Waals surface area contributed by atoms with Crippen molar-refractivity contribution < 1.29 is 4.39 Å².